The van der Waals surface area contributed by atoms with E-state index in [1.54, 1.807) is 31.7 Å². The summed E-state index contributed by atoms with van der Waals surface area (Å²) in [5.74, 6) is -2.05. The number of carbonyl (C=O) groups is 2. The Hall–Kier alpha value is -4.04. The van der Waals surface area contributed by atoms with Crippen LogP contribution in [-0.2, 0) is 29.0 Å². The van der Waals surface area contributed by atoms with Crippen LogP contribution in [0.15, 0.2) is 30.3 Å². The summed E-state index contributed by atoms with van der Waals surface area (Å²) in [6.45, 7) is 12.1. The van der Waals surface area contributed by atoms with Gasteiger partial charge in [0.1, 0.15) is 5.82 Å². The van der Waals surface area contributed by atoms with Gasteiger partial charge in [-0.3, -0.25) is 4.79 Å². The molecule has 43 heavy (non-hydrogen) atoms. The third-order valence-electron chi connectivity index (χ3n) is 8.29. The first-order valence-electron chi connectivity index (χ1n) is 14.5. The fourth-order valence-electron chi connectivity index (χ4n) is 6.16. The number of hydrogen-bond acceptors (Lipinski definition) is 4. The zero-order valence-electron chi connectivity index (χ0n) is 25.4. The Bertz CT molecular complexity index is 1650. The minimum absolute atomic E-state index is 0.247. The summed E-state index contributed by atoms with van der Waals surface area (Å²) in [7, 11) is 0. The zero-order chi connectivity index (χ0) is 31.2. The number of amides is 1. The molecular weight excluding hydrogens is 552 g/mol. The number of aliphatic carboxylic acids is 1. The largest absolute Gasteiger partial charge is 0.490 e. The lowest BCUT2D eigenvalue weighted by Gasteiger charge is -2.29. The highest BCUT2D eigenvalue weighted by Crippen LogP contribution is 2.41. The number of rotatable bonds is 6. The van der Waals surface area contributed by atoms with Crippen LogP contribution in [0.5, 0.6) is 5.75 Å². The molecule has 0 saturated heterocycles. The fourth-order valence-corrected chi connectivity index (χ4v) is 6.16. The van der Waals surface area contributed by atoms with Crippen molar-refractivity contribution < 1.29 is 33.0 Å². The first-order valence-corrected chi connectivity index (χ1v) is 14.5. The fraction of sp³-hybridized carbons (Fsp3) is 0.371. The van der Waals surface area contributed by atoms with Gasteiger partial charge in [-0.2, -0.15) is 0 Å². The number of benzene rings is 3. The molecule has 3 aromatic carbocycles. The molecule has 0 fully saturated rings. The van der Waals surface area contributed by atoms with E-state index in [1.165, 1.54) is 24.3 Å². The van der Waals surface area contributed by atoms with Crippen LogP contribution in [0.2, 0.25) is 0 Å². The summed E-state index contributed by atoms with van der Waals surface area (Å²) in [5.41, 5.74) is 6.36. The van der Waals surface area contributed by atoms with Crippen molar-refractivity contribution in [3.8, 4) is 5.75 Å². The van der Waals surface area contributed by atoms with Crippen LogP contribution in [-0.4, -0.2) is 34.1 Å². The number of halogens is 2. The minimum Gasteiger partial charge on any atom is -0.490 e. The van der Waals surface area contributed by atoms with E-state index in [-0.39, 0.29) is 18.0 Å². The van der Waals surface area contributed by atoms with Crippen LogP contribution >= 0.6 is 0 Å². The van der Waals surface area contributed by atoms with E-state index in [1.807, 2.05) is 32.9 Å². The Morgan fingerprint density at radius 1 is 1.00 bits per heavy atom. The number of ether oxygens (including phenoxy) is 2. The SMILES string of the molecule is Cc1c(/C=C/c2cc(F)c3c(c2C)CCCO3)c([C@H](OC(C)(C)C)C(=O)O)c(C)c2c1CN(C(=O)c1cccc(F)c1)C2. The lowest BCUT2D eigenvalue weighted by atomic mass is 9.85. The molecule has 1 N–H and O–H groups in total. The van der Waals surface area contributed by atoms with Gasteiger partial charge in [-0.15, -0.1) is 0 Å². The normalized spacial score (nSPS) is 15.3. The molecule has 5 rings (SSSR count). The van der Waals surface area contributed by atoms with Crippen molar-refractivity contribution in [2.45, 2.75) is 79.2 Å². The number of carbonyl (C=O) groups excluding carboxylic acids is 1. The van der Waals surface area contributed by atoms with Gasteiger partial charge in [-0.05, 0) is 118 Å². The predicted octanol–water partition coefficient (Wildman–Crippen LogP) is 7.48. The van der Waals surface area contributed by atoms with Crippen molar-refractivity contribution in [2.75, 3.05) is 6.61 Å². The van der Waals surface area contributed by atoms with E-state index in [0.717, 1.165) is 40.7 Å². The highest BCUT2D eigenvalue weighted by molar-refractivity contribution is 5.95. The van der Waals surface area contributed by atoms with Gasteiger partial charge in [0.15, 0.2) is 17.7 Å². The molecule has 0 saturated carbocycles. The second-order valence-corrected chi connectivity index (χ2v) is 12.3. The molecule has 226 valence electrons. The van der Waals surface area contributed by atoms with Crippen molar-refractivity contribution in [1.82, 2.24) is 4.90 Å². The summed E-state index contributed by atoms with van der Waals surface area (Å²) in [4.78, 5) is 27.7. The molecular formula is C35H37F2NO5. The van der Waals surface area contributed by atoms with E-state index < -0.39 is 29.3 Å². The standard InChI is InChI=1S/C35H37F2NO5/c1-19-22(16-29(37)31-26(19)11-8-14-42-31)12-13-25-20(2)27-17-38(33(39)23-9-7-10-24(36)15-23)18-28(27)21(3)30(25)32(34(40)41)43-35(4,5)6/h7,9-10,12-13,15-16,32H,8,11,14,17-18H2,1-6H3,(H,40,41)/b13-12+/t32-/m0/s1. The molecule has 2 aliphatic rings. The van der Waals surface area contributed by atoms with Crippen molar-refractivity contribution >= 4 is 24.0 Å². The molecule has 1 amide bonds. The summed E-state index contributed by atoms with van der Waals surface area (Å²) in [6, 6.07) is 7.04. The van der Waals surface area contributed by atoms with E-state index >= 15 is 4.39 Å². The molecule has 2 heterocycles. The quantitative estimate of drug-likeness (QED) is 0.302. The van der Waals surface area contributed by atoms with Gasteiger partial charge in [0, 0.05) is 29.8 Å². The Morgan fingerprint density at radius 3 is 2.35 bits per heavy atom. The van der Waals surface area contributed by atoms with Crippen LogP contribution in [0, 0.1) is 32.4 Å². The van der Waals surface area contributed by atoms with E-state index in [9.17, 15) is 19.1 Å². The molecule has 0 spiro atoms. The maximum atomic E-state index is 15.0. The third-order valence-corrected chi connectivity index (χ3v) is 8.29. The van der Waals surface area contributed by atoms with Crippen LogP contribution in [0.25, 0.3) is 12.2 Å². The molecule has 1 atom stereocenters. The van der Waals surface area contributed by atoms with Crippen LogP contribution < -0.4 is 4.74 Å². The number of hydrogen-bond donors (Lipinski definition) is 1. The van der Waals surface area contributed by atoms with Gasteiger partial charge < -0.3 is 19.5 Å². The van der Waals surface area contributed by atoms with Crippen LogP contribution in [0.1, 0.15) is 93.7 Å². The van der Waals surface area contributed by atoms with Crippen molar-refractivity contribution in [1.29, 1.82) is 0 Å². The molecule has 6 nitrogen and oxygen atoms in total. The average Bonchev–Trinajstić information content (AvgIpc) is 3.41. The monoisotopic (exact) mass is 589 g/mol. The van der Waals surface area contributed by atoms with E-state index in [2.05, 4.69) is 0 Å². The molecule has 8 heteroatoms. The Labute approximate surface area is 250 Å². The first kappa shape index (κ1) is 30.4. The third kappa shape index (κ3) is 5.93. The van der Waals surface area contributed by atoms with Crippen LogP contribution in [0.3, 0.4) is 0 Å². The van der Waals surface area contributed by atoms with Crippen molar-refractivity contribution in [2.24, 2.45) is 0 Å². The first-order chi connectivity index (χ1) is 20.3. The molecule has 2 aliphatic heterocycles. The number of fused-ring (bicyclic) bond motifs is 2. The Kier molecular flexibility index (Phi) is 8.18. The van der Waals surface area contributed by atoms with Gasteiger partial charge in [0.05, 0.1) is 12.2 Å². The van der Waals surface area contributed by atoms with Gasteiger partial charge >= 0.3 is 5.97 Å². The number of carboxylic acids is 1. The van der Waals surface area contributed by atoms with Crippen LogP contribution in [0.4, 0.5) is 8.78 Å². The molecule has 0 bridgehead atoms. The van der Waals surface area contributed by atoms with Gasteiger partial charge in [0.25, 0.3) is 5.91 Å². The van der Waals surface area contributed by atoms with E-state index in [4.69, 9.17) is 9.47 Å². The highest BCUT2D eigenvalue weighted by atomic mass is 19.1. The predicted molar refractivity (Wildman–Crippen MR) is 161 cm³/mol. The molecule has 0 unspecified atom stereocenters. The number of carboxylic acid groups (broad SMARTS) is 1. The summed E-state index contributed by atoms with van der Waals surface area (Å²) >= 11 is 0. The second-order valence-electron chi connectivity index (χ2n) is 12.3. The topological polar surface area (TPSA) is 76.1 Å². The Balaban J connectivity index is 1.64. The zero-order valence-corrected chi connectivity index (χ0v) is 25.4. The summed E-state index contributed by atoms with van der Waals surface area (Å²) < 4.78 is 40.6. The molecule has 3 aromatic rings. The molecule has 0 aromatic heterocycles. The second kappa shape index (κ2) is 11.6. The smallest absolute Gasteiger partial charge is 0.337 e. The summed E-state index contributed by atoms with van der Waals surface area (Å²) in [5, 5.41) is 10.4. The number of nitrogens with zero attached hydrogens (tertiary/aromatic N) is 1. The van der Waals surface area contributed by atoms with E-state index in [0.29, 0.717) is 41.2 Å². The van der Waals surface area contributed by atoms with Crippen molar-refractivity contribution in [3.05, 3.63) is 97.6 Å². The van der Waals surface area contributed by atoms with Gasteiger partial charge in [-0.25, -0.2) is 13.6 Å². The van der Waals surface area contributed by atoms with Crippen molar-refractivity contribution in [3.63, 3.8) is 0 Å². The Morgan fingerprint density at radius 2 is 1.70 bits per heavy atom. The lowest BCUT2D eigenvalue weighted by molar-refractivity contribution is -0.160. The lowest BCUT2D eigenvalue weighted by Crippen LogP contribution is -2.29. The van der Waals surface area contributed by atoms with Gasteiger partial charge in [0.2, 0.25) is 0 Å². The highest BCUT2D eigenvalue weighted by Gasteiger charge is 2.36. The molecule has 0 aliphatic carbocycles. The molecule has 0 radical (unpaired) electrons. The van der Waals surface area contributed by atoms with Gasteiger partial charge in [-0.1, -0.05) is 18.2 Å². The maximum Gasteiger partial charge on any atom is 0.337 e. The average molecular weight is 590 g/mol. The summed E-state index contributed by atoms with van der Waals surface area (Å²) in [6.07, 6.45) is 3.88. The maximum absolute atomic E-state index is 15.0. The minimum atomic E-state index is -1.29.